The van der Waals surface area contributed by atoms with Crippen LogP contribution in [-0.2, 0) is 6.42 Å². The first-order valence-electron chi connectivity index (χ1n) is 6.59. The monoisotopic (exact) mass is 317 g/mol. The number of hydrogen-bond donors (Lipinski definition) is 1. The van der Waals surface area contributed by atoms with Crippen molar-refractivity contribution in [3.05, 3.63) is 53.3 Å². The lowest BCUT2D eigenvalue weighted by molar-refractivity contribution is 0.102. The Morgan fingerprint density at radius 3 is 2.77 bits per heavy atom. The van der Waals surface area contributed by atoms with Crippen molar-refractivity contribution in [2.24, 2.45) is 0 Å². The van der Waals surface area contributed by atoms with Crippen molar-refractivity contribution < 1.29 is 9.18 Å². The van der Waals surface area contributed by atoms with Crippen molar-refractivity contribution in [1.82, 2.24) is 19.7 Å². The van der Waals surface area contributed by atoms with Crippen molar-refractivity contribution in [2.75, 3.05) is 5.32 Å². The molecule has 112 valence electrons. The lowest BCUT2D eigenvalue weighted by Crippen LogP contribution is -2.16. The number of nitrogens with zero attached hydrogens (tertiary/aromatic N) is 4. The molecule has 8 heteroatoms. The van der Waals surface area contributed by atoms with Crippen LogP contribution < -0.4 is 5.32 Å². The highest BCUT2D eigenvalue weighted by atomic mass is 32.1. The molecule has 0 saturated carbocycles. The number of carbonyl (C=O) groups is 1. The first kappa shape index (κ1) is 14.3. The van der Waals surface area contributed by atoms with Gasteiger partial charge in [0.05, 0.1) is 12.5 Å². The Bertz CT molecular complexity index is 796. The van der Waals surface area contributed by atoms with Gasteiger partial charge in [0.1, 0.15) is 16.5 Å². The molecule has 22 heavy (non-hydrogen) atoms. The molecular weight excluding hydrogens is 305 g/mol. The van der Waals surface area contributed by atoms with Crippen LogP contribution in [0.1, 0.15) is 22.4 Å². The molecule has 0 spiro atoms. The smallest absolute Gasteiger partial charge is 0.276 e. The Morgan fingerprint density at radius 2 is 2.09 bits per heavy atom. The molecule has 0 radical (unpaired) electrons. The van der Waals surface area contributed by atoms with E-state index >= 15 is 0 Å². The molecule has 1 amide bonds. The van der Waals surface area contributed by atoms with E-state index in [1.165, 1.54) is 36.0 Å². The Labute approximate surface area is 129 Å². The Morgan fingerprint density at radius 1 is 1.32 bits per heavy atom. The largest absolute Gasteiger partial charge is 0.295 e. The average Bonchev–Trinajstić information content (AvgIpc) is 3.16. The third kappa shape index (κ3) is 2.86. The molecule has 0 bridgehead atoms. The first-order chi connectivity index (χ1) is 10.7. The summed E-state index contributed by atoms with van der Waals surface area (Å²) in [5.41, 5.74) is 0.982. The minimum atomic E-state index is -0.347. The zero-order chi connectivity index (χ0) is 15.5. The molecule has 3 rings (SSSR count). The molecule has 2 heterocycles. The number of aryl methyl sites for hydroxylation is 1. The Kier molecular flexibility index (Phi) is 3.92. The number of rotatable bonds is 4. The standard InChI is InChI=1S/C14H12FN5OS/c1-2-12-18-19-14(22-12)17-13(21)11-7-16-8-20(11)10-5-3-9(15)4-6-10/h3-8H,2H2,1H3,(H,17,19,21). The second-order valence-corrected chi connectivity index (χ2v) is 5.50. The topological polar surface area (TPSA) is 72.7 Å². The quantitative estimate of drug-likeness (QED) is 0.803. The van der Waals surface area contributed by atoms with E-state index < -0.39 is 0 Å². The van der Waals surface area contributed by atoms with Crippen LogP contribution in [0.15, 0.2) is 36.8 Å². The van der Waals surface area contributed by atoms with E-state index in [1.807, 2.05) is 6.92 Å². The van der Waals surface area contributed by atoms with Gasteiger partial charge in [0.2, 0.25) is 5.13 Å². The maximum absolute atomic E-state index is 13.0. The van der Waals surface area contributed by atoms with Gasteiger partial charge in [0.15, 0.2) is 0 Å². The highest BCUT2D eigenvalue weighted by Crippen LogP contribution is 2.18. The van der Waals surface area contributed by atoms with Crippen LogP contribution in [0.4, 0.5) is 9.52 Å². The SMILES string of the molecule is CCc1nnc(NC(=O)c2cncn2-c2ccc(F)cc2)s1. The van der Waals surface area contributed by atoms with Crippen molar-refractivity contribution in [3.8, 4) is 5.69 Å². The van der Waals surface area contributed by atoms with Crippen LogP contribution >= 0.6 is 11.3 Å². The predicted octanol–water partition coefficient (Wildman–Crippen LogP) is 2.68. The summed E-state index contributed by atoms with van der Waals surface area (Å²) >= 11 is 1.33. The van der Waals surface area contributed by atoms with E-state index in [0.717, 1.165) is 11.4 Å². The fraction of sp³-hybridized carbons (Fsp3) is 0.143. The van der Waals surface area contributed by atoms with E-state index in [1.54, 1.807) is 16.7 Å². The summed E-state index contributed by atoms with van der Waals surface area (Å²) in [6.07, 6.45) is 3.71. The molecule has 1 N–H and O–H groups in total. The maximum Gasteiger partial charge on any atom is 0.276 e. The molecule has 0 saturated heterocycles. The number of benzene rings is 1. The van der Waals surface area contributed by atoms with Gasteiger partial charge >= 0.3 is 0 Å². The van der Waals surface area contributed by atoms with Crippen molar-refractivity contribution in [2.45, 2.75) is 13.3 Å². The van der Waals surface area contributed by atoms with Gasteiger partial charge in [-0.3, -0.25) is 14.7 Å². The van der Waals surface area contributed by atoms with Gasteiger partial charge in [-0.2, -0.15) is 0 Å². The van der Waals surface area contributed by atoms with Gasteiger partial charge in [-0.1, -0.05) is 18.3 Å². The third-order valence-electron chi connectivity index (χ3n) is 2.97. The number of amides is 1. The van der Waals surface area contributed by atoms with E-state index in [2.05, 4.69) is 20.5 Å². The number of anilines is 1. The van der Waals surface area contributed by atoms with Crippen molar-refractivity contribution in [3.63, 3.8) is 0 Å². The third-order valence-corrected chi connectivity index (χ3v) is 3.95. The molecule has 6 nitrogen and oxygen atoms in total. The molecular formula is C14H12FN5OS. The van der Waals surface area contributed by atoms with Gasteiger partial charge in [0, 0.05) is 5.69 Å². The summed E-state index contributed by atoms with van der Waals surface area (Å²) in [7, 11) is 0. The highest BCUT2D eigenvalue weighted by molar-refractivity contribution is 7.15. The Balaban J connectivity index is 1.84. The molecule has 0 aliphatic carbocycles. The van der Waals surface area contributed by atoms with Gasteiger partial charge in [-0.25, -0.2) is 9.37 Å². The van der Waals surface area contributed by atoms with Crippen molar-refractivity contribution in [1.29, 1.82) is 0 Å². The van der Waals surface area contributed by atoms with Gasteiger partial charge in [0.25, 0.3) is 5.91 Å². The summed E-state index contributed by atoms with van der Waals surface area (Å²) in [6, 6.07) is 5.81. The van der Waals surface area contributed by atoms with Crippen LogP contribution in [0, 0.1) is 5.82 Å². The molecule has 0 atom stereocenters. The number of imidazole rings is 1. The van der Waals surface area contributed by atoms with Crippen molar-refractivity contribution >= 4 is 22.4 Å². The van der Waals surface area contributed by atoms with E-state index in [-0.39, 0.29) is 11.7 Å². The van der Waals surface area contributed by atoms with Crippen LogP contribution in [0.5, 0.6) is 0 Å². The molecule has 0 fully saturated rings. The first-order valence-corrected chi connectivity index (χ1v) is 7.41. The summed E-state index contributed by atoms with van der Waals surface area (Å²) < 4.78 is 14.6. The van der Waals surface area contributed by atoms with Gasteiger partial charge < -0.3 is 0 Å². The zero-order valence-corrected chi connectivity index (χ0v) is 12.5. The van der Waals surface area contributed by atoms with E-state index in [0.29, 0.717) is 16.5 Å². The summed E-state index contributed by atoms with van der Waals surface area (Å²) in [5.74, 6) is -0.684. The molecule has 1 aromatic carbocycles. The number of halogens is 1. The number of nitrogens with one attached hydrogen (secondary N) is 1. The van der Waals surface area contributed by atoms with Gasteiger partial charge in [-0.05, 0) is 30.7 Å². The molecule has 0 unspecified atom stereocenters. The lowest BCUT2D eigenvalue weighted by Gasteiger charge is -2.07. The number of hydrogen-bond acceptors (Lipinski definition) is 5. The second kappa shape index (κ2) is 6.02. The fourth-order valence-corrected chi connectivity index (χ4v) is 2.55. The van der Waals surface area contributed by atoms with Crippen LogP contribution in [0.2, 0.25) is 0 Å². The summed E-state index contributed by atoms with van der Waals surface area (Å²) in [5, 5.41) is 11.8. The van der Waals surface area contributed by atoms with Gasteiger partial charge in [-0.15, -0.1) is 10.2 Å². The second-order valence-electron chi connectivity index (χ2n) is 4.43. The summed E-state index contributed by atoms with van der Waals surface area (Å²) in [6.45, 7) is 1.97. The summed E-state index contributed by atoms with van der Waals surface area (Å²) in [4.78, 5) is 16.3. The van der Waals surface area contributed by atoms with Crippen LogP contribution in [-0.4, -0.2) is 25.7 Å². The minimum absolute atomic E-state index is 0.333. The lowest BCUT2D eigenvalue weighted by atomic mass is 10.3. The average molecular weight is 317 g/mol. The molecule has 0 aliphatic heterocycles. The van der Waals surface area contributed by atoms with Crippen LogP contribution in [0.3, 0.4) is 0 Å². The molecule has 3 aromatic rings. The normalized spacial score (nSPS) is 10.6. The number of aromatic nitrogens is 4. The van der Waals surface area contributed by atoms with Crippen LogP contribution in [0.25, 0.3) is 5.69 Å². The van der Waals surface area contributed by atoms with E-state index in [9.17, 15) is 9.18 Å². The van der Waals surface area contributed by atoms with E-state index in [4.69, 9.17) is 0 Å². The number of carbonyl (C=O) groups excluding carboxylic acids is 1. The Hall–Kier alpha value is -2.61. The zero-order valence-electron chi connectivity index (χ0n) is 11.7. The highest BCUT2D eigenvalue weighted by Gasteiger charge is 2.15. The minimum Gasteiger partial charge on any atom is -0.295 e. The molecule has 2 aromatic heterocycles. The molecule has 0 aliphatic rings. The fourth-order valence-electron chi connectivity index (χ4n) is 1.88. The maximum atomic E-state index is 13.0. The predicted molar refractivity (Wildman–Crippen MR) is 80.8 cm³/mol.